The first-order valence-electron chi connectivity index (χ1n) is 10.0. The summed E-state index contributed by atoms with van der Waals surface area (Å²) in [4.78, 5) is 33.5. The second kappa shape index (κ2) is 10.8. The van der Waals surface area contributed by atoms with Gasteiger partial charge in [0.25, 0.3) is 12.0 Å². The summed E-state index contributed by atoms with van der Waals surface area (Å²) < 4.78 is 62.8. The summed E-state index contributed by atoms with van der Waals surface area (Å²) in [5, 5.41) is 12.1. The Morgan fingerprint density at radius 2 is 1.71 bits per heavy atom. The largest absolute Gasteiger partial charge is 0.502 e. The number of hydrogen-bond donors (Lipinski definition) is 3. The summed E-state index contributed by atoms with van der Waals surface area (Å²) >= 11 is 0. The Kier molecular flexibility index (Phi) is 7.80. The number of aromatic amines is 1. The van der Waals surface area contributed by atoms with Crippen LogP contribution in [-0.2, 0) is 17.4 Å². The van der Waals surface area contributed by atoms with Gasteiger partial charge in [-0.05, 0) is 36.2 Å². The Hall–Kier alpha value is -4.27. The molecule has 0 aliphatic carbocycles. The highest BCUT2D eigenvalue weighted by Gasteiger charge is 2.32. The summed E-state index contributed by atoms with van der Waals surface area (Å²) in [5.41, 5.74) is -0.853. The van der Waals surface area contributed by atoms with Crippen molar-refractivity contribution in [3.63, 3.8) is 0 Å². The highest BCUT2D eigenvalue weighted by atomic mass is 19.4. The summed E-state index contributed by atoms with van der Waals surface area (Å²) in [6.45, 7) is -0.910. The molecular weight excluding hydrogens is 475 g/mol. The molecule has 3 N–H and O–H groups in total. The number of pyridine rings is 1. The average molecular weight is 492 g/mol. The number of hydrogen-bond acceptors (Lipinski definition) is 5. The third kappa shape index (κ3) is 6.86. The van der Waals surface area contributed by atoms with E-state index in [2.05, 4.69) is 32.1 Å². The van der Waals surface area contributed by atoms with Crippen molar-refractivity contribution in [1.29, 1.82) is 0 Å². The molecule has 35 heavy (non-hydrogen) atoms. The van der Waals surface area contributed by atoms with Gasteiger partial charge in [0.2, 0.25) is 11.7 Å². The van der Waals surface area contributed by atoms with E-state index in [1.165, 1.54) is 6.07 Å². The topological polar surface area (TPSA) is 108 Å². The van der Waals surface area contributed by atoms with Gasteiger partial charge in [-0.15, -0.1) is 0 Å². The fourth-order valence-electron chi connectivity index (χ4n) is 3.02. The third-order valence-corrected chi connectivity index (χ3v) is 4.73. The second-order valence-corrected chi connectivity index (χ2v) is 7.24. The molecule has 0 saturated heterocycles. The van der Waals surface area contributed by atoms with Crippen LogP contribution in [0.1, 0.15) is 34.0 Å². The van der Waals surface area contributed by atoms with Gasteiger partial charge in [0, 0.05) is 17.3 Å². The van der Waals surface area contributed by atoms with Gasteiger partial charge < -0.3 is 15.4 Å². The molecule has 1 aromatic carbocycles. The van der Waals surface area contributed by atoms with Crippen LogP contribution in [0.5, 0.6) is 5.75 Å². The molecule has 12 heteroatoms. The Balaban J connectivity index is 1.79. The zero-order chi connectivity index (χ0) is 25.6. The van der Waals surface area contributed by atoms with Gasteiger partial charge in [-0.25, -0.2) is 13.8 Å². The van der Waals surface area contributed by atoms with Gasteiger partial charge in [0.1, 0.15) is 11.4 Å². The SMILES string of the molecule is O=C(NCC(F)F)C(Cc1ccc(C#Cc2ccc(C(F)(F)F)nc2)cc1)c1nc[nH]c(=O)c1O. The first-order valence-corrected chi connectivity index (χ1v) is 10.0. The number of H-pyrrole nitrogens is 1. The van der Waals surface area contributed by atoms with E-state index in [1.807, 2.05) is 0 Å². The molecule has 0 aliphatic rings. The van der Waals surface area contributed by atoms with Gasteiger partial charge in [-0.1, -0.05) is 24.0 Å². The van der Waals surface area contributed by atoms with E-state index in [0.29, 0.717) is 11.1 Å². The van der Waals surface area contributed by atoms with Crippen molar-refractivity contribution in [3.8, 4) is 17.6 Å². The molecule has 1 unspecified atom stereocenters. The monoisotopic (exact) mass is 492 g/mol. The third-order valence-electron chi connectivity index (χ3n) is 4.73. The zero-order valence-corrected chi connectivity index (χ0v) is 17.7. The number of carbonyl (C=O) groups excluding carboxylic acids is 1. The van der Waals surface area contributed by atoms with Crippen LogP contribution in [0, 0.1) is 11.8 Å². The molecule has 7 nitrogen and oxygen atoms in total. The van der Waals surface area contributed by atoms with E-state index in [1.54, 1.807) is 24.3 Å². The Labute approximate surface area is 195 Å². The van der Waals surface area contributed by atoms with Crippen LogP contribution in [0.4, 0.5) is 22.0 Å². The smallest absolute Gasteiger partial charge is 0.433 e. The van der Waals surface area contributed by atoms with E-state index >= 15 is 0 Å². The fourth-order valence-corrected chi connectivity index (χ4v) is 3.02. The molecule has 182 valence electrons. The van der Waals surface area contributed by atoms with Crippen LogP contribution < -0.4 is 10.9 Å². The molecule has 0 aliphatic heterocycles. The van der Waals surface area contributed by atoms with E-state index in [-0.39, 0.29) is 17.7 Å². The number of aromatic nitrogens is 3. The highest BCUT2D eigenvalue weighted by Crippen LogP contribution is 2.27. The molecule has 0 bridgehead atoms. The molecule has 0 radical (unpaired) electrons. The predicted molar refractivity (Wildman–Crippen MR) is 114 cm³/mol. The van der Waals surface area contributed by atoms with Crippen LogP contribution in [0.25, 0.3) is 0 Å². The number of amides is 1. The van der Waals surface area contributed by atoms with Crippen molar-refractivity contribution in [2.75, 3.05) is 6.54 Å². The van der Waals surface area contributed by atoms with Crippen LogP contribution in [0.3, 0.4) is 0 Å². The minimum absolute atomic E-state index is 0.0738. The standard InChI is InChI=1S/C23H17F5N4O3/c24-18(25)11-30-21(34)16(19-20(33)22(35)32-12-31-19)9-14-4-1-13(2-5-14)3-6-15-7-8-17(29-10-15)23(26,27)28/h1-2,4-5,7-8,10,12,16,18,33H,9,11H2,(H,30,34)(H,31,32,35). The van der Waals surface area contributed by atoms with Crippen LogP contribution in [0.15, 0.2) is 53.7 Å². The number of alkyl halides is 5. The van der Waals surface area contributed by atoms with Gasteiger partial charge >= 0.3 is 6.18 Å². The van der Waals surface area contributed by atoms with E-state index < -0.39 is 48.0 Å². The minimum atomic E-state index is -4.55. The molecule has 0 spiro atoms. The number of aromatic hydroxyl groups is 1. The number of benzene rings is 1. The van der Waals surface area contributed by atoms with Crippen LogP contribution >= 0.6 is 0 Å². The number of nitrogens with one attached hydrogen (secondary N) is 2. The van der Waals surface area contributed by atoms with Gasteiger partial charge in [0.15, 0.2) is 0 Å². The van der Waals surface area contributed by atoms with Gasteiger partial charge in [0.05, 0.1) is 18.8 Å². The lowest BCUT2D eigenvalue weighted by molar-refractivity contribution is -0.141. The Morgan fingerprint density at radius 3 is 2.31 bits per heavy atom. The molecule has 0 saturated carbocycles. The number of nitrogens with zero attached hydrogens (tertiary/aromatic N) is 2. The second-order valence-electron chi connectivity index (χ2n) is 7.24. The molecule has 2 aromatic heterocycles. The first kappa shape index (κ1) is 25.4. The summed E-state index contributed by atoms with van der Waals surface area (Å²) in [6, 6.07) is 8.36. The average Bonchev–Trinajstić information content (AvgIpc) is 2.82. The number of halogens is 5. The Morgan fingerprint density at radius 1 is 1.06 bits per heavy atom. The maximum atomic E-state index is 12.6. The van der Waals surface area contributed by atoms with Crippen molar-refractivity contribution in [3.05, 3.63) is 87.4 Å². The van der Waals surface area contributed by atoms with Crippen LogP contribution in [0.2, 0.25) is 0 Å². The summed E-state index contributed by atoms with van der Waals surface area (Å²) in [6.07, 6.45) is -5.42. The maximum absolute atomic E-state index is 12.6. The maximum Gasteiger partial charge on any atom is 0.433 e. The van der Waals surface area contributed by atoms with Crippen molar-refractivity contribution in [1.82, 2.24) is 20.3 Å². The molecule has 2 heterocycles. The van der Waals surface area contributed by atoms with Crippen molar-refractivity contribution in [2.24, 2.45) is 0 Å². The molecule has 1 amide bonds. The highest BCUT2D eigenvalue weighted by molar-refractivity contribution is 5.84. The number of carbonyl (C=O) groups is 1. The molecule has 0 fully saturated rings. The van der Waals surface area contributed by atoms with Gasteiger partial charge in [-0.2, -0.15) is 13.2 Å². The number of rotatable bonds is 6. The first-order chi connectivity index (χ1) is 16.5. The summed E-state index contributed by atoms with van der Waals surface area (Å²) in [5.74, 6) is 2.59. The van der Waals surface area contributed by atoms with Crippen molar-refractivity contribution >= 4 is 5.91 Å². The normalized spacial score (nSPS) is 12.1. The molecule has 3 rings (SSSR count). The van der Waals surface area contributed by atoms with Crippen LogP contribution in [-0.4, -0.2) is 38.9 Å². The fraction of sp³-hybridized carbons (Fsp3) is 0.217. The lowest BCUT2D eigenvalue weighted by Crippen LogP contribution is -2.34. The predicted octanol–water partition coefficient (Wildman–Crippen LogP) is 3.00. The molecule has 3 aromatic rings. The van der Waals surface area contributed by atoms with Gasteiger partial charge in [-0.3, -0.25) is 14.6 Å². The molecule has 1 atom stereocenters. The van der Waals surface area contributed by atoms with E-state index in [4.69, 9.17) is 0 Å². The summed E-state index contributed by atoms with van der Waals surface area (Å²) in [7, 11) is 0. The van der Waals surface area contributed by atoms with Crippen molar-refractivity contribution < 1.29 is 31.9 Å². The zero-order valence-electron chi connectivity index (χ0n) is 17.7. The lowest BCUT2D eigenvalue weighted by Gasteiger charge is -2.17. The Bertz CT molecular complexity index is 1290. The quantitative estimate of drug-likeness (QED) is 0.362. The van der Waals surface area contributed by atoms with E-state index in [9.17, 15) is 36.6 Å². The lowest BCUT2D eigenvalue weighted by atomic mass is 9.94. The van der Waals surface area contributed by atoms with E-state index in [0.717, 1.165) is 18.6 Å². The minimum Gasteiger partial charge on any atom is -0.502 e. The molecular formula is C23H17F5N4O3. The van der Waals surface area contributed by atoms with Crippen molar-refractivity contribution in [2.45, 2.75) is 24.9 Å².